The van der Waals surface area contributed by atoms with E-state index in [1.54, 1.807) is 0 Å². The molecule has 8 rings (SSSR count). The fraction of sp³-hybridized carbons (Fsp3) is 0.275. The average Bonchev–Trinajstić information content (AvgIpc) is 3.57. The Kier molecular flexibility index (Phi) is 7.70. The highest BCUT2D eigenvalue weighted by Gasteiger charge is 2.29. The standard InChI is InChI=1S/C40H40N4O/c1-4-10-30(11-5-1)37-42-38(31-12-6-2-7-13-31)44-39(43-37)32-22-20-28(21-23-32)27-16-18-29(19-17-27)34-24-25-36-35(26-34)41-40(45-36)33-14-8-3-9-15-33/h1,4-6,8,10-18,20,22-26,28-29,38-41,44H,2-3,7,9,19,21H2,(H,42,43). The first-order chi connectivity index (χ1) is 22.3. The van der Waals surface area contributed by atoms with E-state index in [9.17, 15) is 0 Å². The molecule has 5 atom stereocenters. The predicted molar refractivity (Wildman–Crippen MR) is 184 cm³/mol. The van der Waals surface area contributed by atoms with Gasteiger partial charge in [-0.25, -0.2) is 4.99 Å². The zero-order valence-electron chi connectivity index (χ0n) is 25.5. The molecule has 2 aromatic carbocycles. The Labute approximate surface area is 266 Å². The number of ether oxygens (including phenoxy) is 1. The van der Waals surface area contributed by atoms with Crippen LogP contribution in [0.15, 0.2) is 149 Å². The van der Waals surface area contributed by atoms with Crippen molar-refractivity contribution in [2.24, 2.45) is 10.9 Å². The fourth-order valence-electron chi connectivity index (χ4n) is 7.01. The van der Waals surface area contributed by atoms with Crippen LogP contribution in [0.1, 0.15) is 55.6 Å². The zero-order chi connectivity index (χ0) is 30.0. The van der Waals surface area contributed by atoms with E-state index in [4.69, 9.17) is 9.73 Å². The number of nitrogens with zero attached hydrogens (tertiary/aromatic N) is 1. The number of amidine groups is 1. The van der Waals surface area contributed by atoms with Gasteiger partial charge in [-0.05, 0) is 72.9 Å². The van der Waals surface area contributed by atoms with E-state index in [0.717, 1.165) is 61.4 Å². The van der Waals surface area contributed by atoms with Gasteiger partial charge in [0.15, 0.2) is 6.23 Å². The van der Waals surface area contributed by atoms with Gasteiger partial charge in [0.1, 0.15) is 23.9 Å². The largest absolute Gasteiger partial charge is 0.464 e. The smallest absolute Gasteiger partial charge is 0.196 e. The van der Waals surface area contributed by atoms with Crippen LogP contribution in [0.4, 0.5) is 5.69 Å². The minimum absolute atomic E-state index is 0.00110. The van der Waals surface area contributed by atoms with Gasteiger partial charge < -0.3 is 15.4 Å². The number of benzene rings is 2. The van der Waals surface area contributed by atoms with Crippen molar-refractivity contribution in [1.82, 2.24) is 10.6 Å². The fourth-order valence-corrected chi connectivity index (χ4v) is 7.01. The molecular formula is C40H40N4O. The molecule has 3 N–H and O–H groups in total. The van der Waals surface area contributed by atoms with E-state index in [2.05, 4.69) is 137 Å². The van der Waals surface area contributed by atoms with Crippen LogP contribution >= 0.6 is 0 Å². The van der Waals surface area contributed by atoms with Crippen LogP contribution in [-0.2, 0) is 0 Å². The number of allylic oxidation sites excluding steroid dienone is 10. The van der Waals surface area contributed by atoms with E-state index < -0.39 is 0 Å². The van der Waals surface area contributed by atoms with Gasteiger partial charge >= 0.3 is 0 Å². The lowest BCUT2D eigenvalue weighted by atomic mass is 9.82. The van der Waals surface area contributed by atoms with Crippen LogP contribution in [0.25, 0.3) is 0 Å². The summed E-state index contributed by atoms with van der Waals surface area (Å²) in [6.07, 6.45) is 33.9. The number of anilines is 1. The Morgan fingerprint density at radius 2 is 1.42 bits per heavy atom. The van der Waals surface area contributed by atoms with Gasteiger partial charge in [-0.1, -0.05) is 109 Å². The molecule has 0 aromatic heterocycles. The first-order valence-corrected chi connectivity index (χ1v) is 16.5. The number of aliphatic imine (C=N–C) groups is 1. The van der Waals surface area contributed by atoms with Crippen LogP contribution in [-0.4, -0.2) is 24.4 Å². The van der Waals surface area contributed by atoms with Gasteiger partial charge in [0.25, 0.3) is 0 Å². The lowest BCUT2D eigenvalue weighted by Crippen LogP contribution is -2.55. The quantitative estimate of drug-likeness (QED) is 0.317. The molecule has 5 heteroatoms. The first kappa shape index (κ1) is 27.9. The van der Waals surface area contributed by atoms with Gasteiger partial charge in [0, 0.05) is 23.0 Å². The molecule has 2 aromatic rings. The molecule has 5 unspecified atom stereocenters. The molecule has 6 aliphatic rings. The molecular weight excluding hydrogens is 552 g/mol. The molecule has 0 saturated carbocycles. The summed E-state index contributed by atoms with van der Waals surface area (Å²) in [7, 11) is 0. The Morgan fingerprint density at radius 1 is 0.667 bits per heavy atom. The second-order valence-electron chi connectivity index (χ2n) is 12.6. The minimum atomic E-state index is -0.0838. The maximum atomic E-state index is 6.21. The third kappa shape index (κ3) is 5.93. The summed E-state index contributed by atoms with van der Waals surface area (Å²) >= 11 is 0. The highest BCUT2D eigenvalue weighted by molar-refractivity contribution is 5.99. The monoisotopic (exact) mass is 592 g/mol. The van der Waals surface area contributed by atoms with Crippen LogP contribution in [0.5, 0.6) is 5.75 Å². The Morgan fingerprint density at radius 3 is 2.16 bits per heavy atom. The van der Waals surface area contributed by atoms with Gasteiger partial charge in [-0.3, -0.25) is 5.32 Å². The Bertz CT molecular complexity index is 1730. The molecule has 45 heavy (non-hydrogen) atoms. The van der Waals surface area contributed by atoms with Crippen LogP contribution in [0.3, 0.4) is 0 Å². The molecule has 0 fully saturated rings. The number of fused-ring (bicyclic) bond motifs is 1. The SMILES string of the molecule is C1=CC(C2N=C(c3ccccc3)NC(C3=CCC(C4=CCC(c5ccc6c(c5)NC(C5=CCCC=C5)O6)C=C4)C=C3)N2)=CCC1. The Balaban J connectivity index is 0.919. The summed E-state index contributed by atoms with van der Waals surface area (Å²) in [5.74, 6) is 2.65. The number of nitrogens with one attached hydrogen (secondary N) is 3. The maximum Gasteiger partial charge on any atom is 0.196 e. The van der Waals surface area contributed by atoms with E-state index in [1.807, 2.05) is 0 Å². The van der Waals surface area contributed by atoms with Crippen LogP contribution in [0, 0.1) is 5.92 Å². The van der Waals surface area contributed by atoms with Crippen molar-refractivity contribution in [1.29, 1.82) is 0 Å². The third-order valence-electron chi connectivity index (χ3n) is 9.56. The van der Waals surface area contributed by atoms with Crippen molar-refractivity contribution in [2.45, 2.75) is 63.0 Å². The molecule has 0 amide bonds. The highest BCUT2D eigenvalue weighted by Crippen LogP contribution is 2.39. The molecule has 0 saturated heterocycles. The molecule has 2 aliphatic heterocycles. The second kappa shape index (κ2) is 12.4. The summed E-state index contributed by atoms with van der Waals surface area (Å²) in [5.41, 5.74) is 8.68. The molecule has 0 bridgehead atoms. The molecule has 0 spiro atoms. The van der Waals surface area contributed by atoms with Crippen molar-refractivity contribution in [2.75, 3.05) is 5.32 Å². The number of hydrogen-bond donors (Lipinski definition) is 3. The van der Waals surface area contributed by atoms with Crippen LogP contribution < -0.4 is 20.7 Å². The predicted octanol–water partition coefficient (Wildman–Crippen LogP) is 8.13. The highest BCUT2D eigenvalue weighted by atomic mass is 16.5. The lowest BCUT2D eigenvalue weighted by molar-refractivity contribution is 0.293. The van der Waals surface area contributed by atoms with Crippen LogP contribution in [0.2, 0.25) is 0 Å². The molecule has 2 heterocycles. The molecule has 5 nitrogen and oxygen atoms in total. The van der Waals surface area contributed by atoms with Crippen molar-refractivity contribution in [3.63, 3.8) is 0 Å². The van der Waals surface area contributed by atoms with Gasteiger partial charge in [0.2, 0.25) is 0 Å². The van der Waals surface area contributed by atoms with E-state index in [0.29, 0.717) is 11.8 Å². The summed E-state index contributed by atoms with van der Waals surface area (Å²) in [4.78, 5) is 5.07. The summed E-state index contributed by atoms with van der Waals surface area (Å²) in [5, 5.41) is 11.0. The van der Waals surface area contributed by atoms with E-state index >= 15 is 0 Å². The molecule has 0 radical (unpaired) electrons. The van der Waals surface area contributed by atoms with E-state index in [1.165, 1.54) is 27.9 Å². The number of rotatable bonds is 6. The summed E-state index contributed by atoms with van der Waals surface area (Å²) in [6, 6.07) is 17.1. The third-order valence-corrected chi connectivity index (χ3v) is 9.56. The molecule has 4 aliphatic carbocycles. The normalized spacial score (nSPS) is 28.4. The maximum absolute atomic E-state index is 6.21. The number of hydrogen-bond acceptors (Lipinski definition) is 5. The second-order valence-corrected chi connectivity index (χ2v) is 12.6. The average molecular weight is 593 g/mol. The minimum Gasteiger partial charge on any atom is -0.464 e. The first-order valence-electron chi connectivity index (χ1n) is 16.5. The topological polar surface area (TPSA) is 57.7 Å². The van der Waals surface area contributed by atoms with Gasteiger partial charge in [-0.15, -0.1) is 0 Å². The van der Waals surface area contributed by atoms with Gasteiger partial charge in [0.05, 0.1) is 5.69 Å². The van der Waals surface area contributed by atoms with Crippen molar-refractivity contribution >= 4 is 11.5 Å². The lowest BCUT2D eigenvalue weighted by Gasteiger charge is -2.34. The van der Waals surface area contributed by atoms with Gasteiger partial charge in [-0.2, -0.15) is 0 Å². The van der Waals surface area contributed by atoms with Crippen molar-refractivity contribution < 1.29 is 4.74 Å². The molecule has 226 valence electrons. The van der Waals surface area contributed by atoms with E-state index in [-0.39, 0.29) is 18.6 Å². The Hall–Kier alpha value is -4.61. The summed E-state index contributed by atoms with van der Waals surface area (Å²) in [6.45, 7) is 0. The summed E-state index contributed by atoms with van der Waals surface area (Å²) < 4.78 is 6.21. The zero-order valence-corrected chi connectivity index (χ0v) is 25.5. The van der Waals surface area contributed by atoms with Crippen molar-refractivity contribution in [3.8, 4) is 5.75 Å². The van der Waals surface area contributed by atoms with Crippen molar-refractivity contribution in [3.05, 3.63) is 155 Å².